The standard InChI is InChI=1S/C12H11F2NO3S/c13-7-1-2-8(9(14)5-7)12-15(4-3-11(17)18)10(16)6-19-12/h1-2,5,12H,3-4,6H2,(H,17,18)/t12-/m1/s1. The largest absolute Gasteiger partial charge is 0.481 e. The number of rotatable bonds is 4. The number of halogens is 2. The molecule has 1 aromatic rings. The van der Waals surface area contributed by atoms with Gasteiger partial charge < -0.3 is 10.0 Å². The van der Waals surface area contributed by atoms with Crippen molar-refractivity contribution < 1.29 is 23.5 Å². The lowest BCUT2D eigenvalue weighted by Gasteiger charge is -2.23. The monoisotopic (exact) mass is 287 g/mol. The smallest absolute Gasteiger partial charge is 0.305 e. The van der Waals surface area contributed by atoms with Crippen molar-refractivity contribution in [3.63, 3.8) is 0 Å². The first-order valence-corrected chi connectivity index (χ1v) is 6.61. The van der Waals surface area contributed by atoms with Crippen molar-refractivity contribution in [1.82, 2.24) is 4.90 Å². The van der Waals surface area contributed by atoms with Gasteiger partial charge in [0.2, 0.25) is 5.91 Å². The second-order valence-corrected chi connectivity index (χ2v) is 5.13. The van der Waals surface area contributed by atoms with Crippen LogP contribution in [0.4, 0.5) is 8.78 Å². The molecule has 1 amide bonds. The fraction of sp³-hybridized carbons (Fsp3) is 0.333. The summed E-state index contributed by atoms with van der Waals surface area (Å²) in [5.74, 6) is -2.51. The number of carboxylic acids is 1. The molecule has 1 atom stereocenters. The molecule has 7 heteroatoms. The number of amides is 1. The average Bonchev–Trinajstić information content (AvgIpc) is 2.68. The van der Waals surface area contributed by atoms with Gasteiger partial charge in [-0.05, 0) is 6.07 Å². The second kappa shape index (κ2) is 5.56. The first-order valence-electron chi connectivity index (χ1n) is 5.57. The Bertz CT molecular complexity index is 524. The van der Waals surface area contributed by atoms with Crippen LogP contribution in [0, 0.1) is 11.6 Å². The molecule has 4 nitrogen and oxygen atoms in total. The van der Waals surface area contributed by atoms with Crippen molar-refractivity contribution >= 4 is 23.6 Å². The minimum atomic E-state index is -1.02. The molecule has 19 heavy (non-hydrogen) atoms. The number of nitrogens with zero attached hydrogens (tertiary/aromatic N) is 1. The SMILES string of the molecule is O=C(O)CCN1C(=O)CS[C@@H]1c1ccc(F)cc1F. The molecule has 1 fully saturated rings. The molecule has 0 bridgehead atoms. The van der Waals surface area contributed by atoms with Crippen molar-refractivity contribution in [2.45, 2.75) is 11.8 Å². The van der Waals surface area contributed by atoms with E-state index in [0.29, 0.717) is 0 Å². The summed E-state index contributed by atoms with van der Waals surface area (Å²) in [6.07, 6.45) is -0.203. The van der Waals surface area contributed by atoms with Gasteiger partial charge in [0.05, 0.1) is 12.2 Å². The third-order valence-electron chi connectivity index (χ3n) is 2.76. The first kappa shape index (κ1) is 13.8. The van der Waals surface area contributed by atoms with Crippen LogP contribution in [0.2, 0.25) is 0 Å². The number of hydrogen-bond acceptors (Lipinski definition) is 3. The summed E-state index contributed by atoms with van der Waals surface area (Å²) >= 11 is 1.20. The molecule has 1 saturated heterocycles. The van der Waals surface area contributed by atoms with Gasteiger partial charge in [0, 0.05) is 18.2 Å². The highest BCUT2D eigenvalue weighted by molar-refractivity contribution is 8.00. The van der Waals surface area contributed by atoms with Crippen molar-refractivity contribution in [1.29, 1.82) is 0 Å². The molecular weight excluding hydrogens is 276 g/mol. The molecular formula is C12H11F2NO3S. The molecule has 1 heterocycles. The van der Waals surface area contributed by atoms with E-state index in [9.17, 15) is 18.4 Å². The topological polar surface area (TPSA) is 57.6 Å². The molecule has 0 unspecified atom stereocenters. The van der Waals surface area contributed by atoms with E-state index < -0.39 is 23.0 Å². The van der Waals surface area contributed by atoms with E-state index in [1.54, 1.807) is 0 Å². The van der Waals surface area contributed by atoms with Crippen LogP contribution in [-0.4, -0.2) is 34.2 Å². The lowest BCUT2D eigenvalue weighted by atomic mass is 10.2. The lowest BCUT2D eigenvalue weighted by Crippen LogP contribution is -2.30. The number of carbonyl (C=O) groups excluding carboxylic acids is 1. The Morgan fingerprint density at radius 1 is 1.47 bits per heavy atom. The van der Waals surface area contributed by atoms with Crippen LogP contribution in [0.15, 0.2) is 18.2 Å². The number of benzene rings is 1. The van der Waals surface area contributed by atoms with Crippen LogP contribution < -0.4 is 0 Å². The third kappa shape index (κ3) is 3.04. The highest BCUT2D eigenvalue weighted by Gasteiger charge is 2.34. The predicted octanol–water partition coefficient (Wildman–Crippen LogP) is 2.01. The Kier molecular flexibility index (Phi) is 4.04. The Balaban J connectivity index is 2.21. The summed E-state index contributed by atoms with van der Waals surface area (Å²) in [6, 6.07) is 3.17. The molecule has 0 aromatic heterocycles. The number of hydrogen-bond donors (Lipinski definition) is 1. The molecule has 102 valence electrons. The zero-order valence-corrected chi connectivity index (χ0v) is 10.6. The molecule has 1 aliphatic rings. The molecule has 0 spiro atoms. The van der Waals surface area contributed by atoms with Gasteiger partial charge >= 0.3 is 5.97 Å². The Hall–Kier alpha value is -1.63. The zero-order valence-electron chi connectivity index (χ0n) is 9.81. The molecule has 2 rings (SSSR count). The summed E-state index contributed by atoms with van der Waals surface area (Å²) in [7, 11) is 0. The predicted molar refractivity (Wildman–Crippen MR) is 65.5 cm³/mol. The van der Waals surface area contributed by atoms with Gasteiger partial charge in [-0.3, -0.25) is 9.59 Å². The third-order valence-corrected chi connectivity index (χ3v) is 4.00. The number of thioether (sulfide) groups is 1. The van der Waals surface area contributed by atoms with Gasteiger partial charge in [-0.25, -0.2) is 8.78 Å². The van der Waals surface area contributed by atoms with E-state index >= 15 is 0 Å². The zero-order chi connectivity index (χ0) is 14.0. The molecule has 1 aliphatic heterocycles. The minimum Gasteiger partial charge on any atom is -0.481 e. The van der Waals surface area contributed by atoms with Crippen LogP contribution in [0.3, 0.4) is 0 Å². The summed E-state index contributed by atoms with van der Waals surface area (Å²) < 4.78 is 26.6. The Morgan fingerprint density at radius 2 is 2.21 bits per heavy atom. The Labute approximate surface area is 112 Å². The summed E-state index contributed by atoms with van der Waals surface area (Å²) in [4.78, 5) is 23.5. The van der Waals surface area contributed by atoms with Crippen LogP contribution in [0.5, 0.6) is 0 Å². The van der Waals surface area contributed by atoms with Gasteiger partial charge in [-0.2, -0.15) is 0 Å². The molecule has 1 N–H and O–H groups in total. The maximum absolute atomic E-state index is 13.7. The van der Waals surface area contributed by atoms with Gasteiger partial charge in [0.1, 0.15) is 17.0 Å². The van der Waals surface area contributed by atoms with Crippen molar-refractivity contribution in [2.24, 2.45) is 0 Å². The normalized spacial score (nSPS) is 18.9. The molecule has 0 radical (unpaired) electrons. The van der Waals surface area contributed by atoms with Crippen molar-refractivity contribution in [3.8, 4) is 0 Å². The van der Waals surface area contributed by atoms with Gasteiger partial charge in [-0.1, -0.05) is 6.07 Å². The van der Waals surface area contributed by atoms with Gasteiger partial charge in [-0.15, -0.1) is 11.8 Å². The fourth-order valence-corrected chi connectivity index (χ4v) is 3.11. The van der Waals surface area contributed by atoms with Crippen molar-refractivity contribution in [2.75, 3.05) is 12.3 Å². The Morgan fingerprint density at radius 3 is 2.84 bits per heavy atom. The van der Waals surface area contributed by atoms with Crippen molar-refractivity contribution in [3.05, 3.63) is 35.4 Å². The van der Waals surface area contributed by atoms with Crippen LogP contribution >= 0.6 is 11.8 Å². The fourth-order valence-electron chi connectivity index (χ4n) is 1.87. The van der Waals surface area contributed by atoms with E-state index in [1.807, 2.05) is 0 Å². The molecule has 0 saturated carbocycles. The highest BCUT2D eigenvalue weighted by atomic mass is 32.2. The van der Waals surface area contributed by atoms with Crippen LogP contribution in [-0.2, 0) is 9.59 Å². The minimum absolute atomic E-state index is 0.0165. The van der Waals surface area contributed by atoms with E-state index in [1.165, 1.54) is 22.7 Å². The maximum Gasteiger partial charge on any atom is 0.305 e. The highest BCUT2D eigenvalue weighted by Crippen LogP contribution is 2.39. The summed E-state index contributed by atoms with van der Waals surface area (Å²) in [5.41, 5.74) is 0.197. The number of carboxylic acid groups (broad SMARTS) is 1. The summed E-state index contributed by atoms with van der Waals surface area (Å²) in [5, 5.41) is 8.05. The van der Waals surface area contributed by atoms with E-state index in [-0.39, 0.29) is 30.2 Å². The number of aliphatic carboxylic acids is 1. The summed E-state index contributed by atoms with van der Waals surface area (Å²) in [6.45, 7) is 0.0165. The average molecular weight is 287 g/mol. The molecule has 1 aromatic carbocycles. The van der Waals surface area contributed by atoms with E-state index in [0.717, 1.165) is 12.1 Å². The lowest BCUT2D eigenvalue weighted by molar-refractivity contribution is -0.138. The quantitative estimate of drug-likeness (QED) is 0.920. The van der Waals surface area contributed by atoms with E-state index in [4.69, 9.17) is 5.11 Å². The second-order valence-electron chi connectivity index (χ2n) is 4.06. The first-order chi connectivity index (χ1) is 8.99. The molecule has 0 aliphatic carbocycles. The van der Waals surface area contributed by atoms with E-state index in [2.05, 4.69) is 0 Å². The number of carbonyl (C=O) groups is 2. The maximum atomic E-state index is 13.7. The van der Waals surface area contributed by atoms with Gasteiger partial charge in [0.15, 0.2) is 0 Å². The van der Waals surface area contributed by atoms with Gasteiger partial charge in [0.25, 0.3) is 0 Å². The van der Waals surface area contributed by atoms with Crippen LogP contribution in [0.1, 0.15) is 17.4 Å². The van der Waals surface area contributed by atoms with Crippen LogP contribution in [0.25, 0.3) is 0 Å².